The normalized spacial score (nSPS) is 18.3. The number of nitrogens with zero attached hydrogens (tertiary/aromatic N) is 4. The van der Waals surface area contributed by atoms with E-state index in [2.05, 4.69) is 14.9 Å². The molecule has 3 rings (SSSR count). The second kappa shape index (κ2) is 5.74. The van der Waals surface area contributed by atoms with E-state index in [1.807, 2.05) is 20.8 Å². The molecule has 6 heteroatoms. The van der Waals surface area contributed by atoms with Crippen LogP contribution in [0.5, 0.6) is 0 Å². The predicted octanol–water partition coefficient (Wildman–Crippen LogP) is 2.02. The SMILES string of the molecule is CC(C)(C)OC(=O)N1CCN(c2ncnc3c2CCC3)CC1. The standard InChI is InChI=1S/C16H24N4O2/c1-16(2,3)22-15(21)20-9-7-19(8-10-20)14-12-5-4-6-13(12)17-11-18-14/h11H,4-10H2,1-3H3. The third-order valence-corrected chi connectivity index (χ3v) is 4.08. The van der Waals surface area contributed by atoms with Crippen LogP contribution in [0.25, 0.3) is 0 Å². The number of carbonyl (C=O) groups is 1. The molecule has 1 fully saturated rings. The Hall–Kier alpha value is -1.85. The first-order valence-electron chi connectivity index (χ1n) is 8.00. The van der Waals surface area contributed by atoms with E-state index in [-0.39, 0.29) is 6.09 Å². The molecule has 0 N–H and O–H groups in total. The molecule has 0 aromatic carbocycles. The number of anilines is 1. The lowest BCUT2D eigenvalue weighted by Crippen LogP contribution is -2.50. The molecule has 0 spiro atoms. The largest absolute Gasteiger partial charge is 0.444 e. The fraction of sp³-hybridized carbons (Fsp3) is 0.688. The molecule has 0 bridgehead atoms. The zero-order valence-electron chi connectivity index (χ0n) is 13.6. The summed E-state index contributed by atoms with van der Waals surface area (Å²) in [6, 6.07) is 0. The van der Waals surface area contributed by atoms with Gasteiger partial charge in [0, 0.05) is 37.4 Å². The van der Waals surface area contributed by atoms with E-state index >= 15 is 0 Å². The average Bonchev–Trinajstić information content (AvgIpc) is 2.94. The molecule has 1 amide bonds. The van der Waals surface area contributed by atoms with Crippen molar-refractivity contribution >= 4 is 11.9 Å². The molecule has 0 radical (unpaired) electrons. The molecule has 0 unspecified atom stereocenters. The quantitative estimate of drug-likeness (QED) is 0.794. The Kier molecular flexibility index (Phi) is 3.93. The van der Waals surface area contributed by atoms with Crippen LogP contribution in [-0.4, -0.2) is 52.7 Å². The topological polar surface area (TPSA) is 58.6 Å². The number of carbonyl (C=O) groups excluding carboxylic acids is 1. The van der Waals surface area contributed by atoms with Crippen LogP contribution in [0, 0.1) is 0 Å². The Balaban J connectivity index is 1.63. The van der Waals surface area contributed by atoms with E-state index < -0.39 is 5.60 Å². The van der Waals surface area contributed by atoms with Crippen molar-refractivity contribution in [3.05, 3.63) is 17.6 Å². The van der Waals surface area contributed by atoms with Crippen molar-refractivity contribution < 1.29 is 9.53 Å². The molecule has 6 nitrogen and oxygen atoms in total. The molecular weight excluding hydrogens is 280 g/mol. The smallest absolute Gasteiger partial charge is 0.410 e. The molecule has 1 aromatic rings. The third-order valence-electron chi connectivity index (χ3n) is 4.08. The van der Waals surface area contributed by atoms with Crippen LogP contribution in [0.4, 0.5) is 10.6 Å². The van der Waals surface area contributed by atoms with Gasteiger partial charge in [-0.1, -0.05) is 0 Å². The summed E-state index contributed by atoms with van der Waals surface area (Å²) in [6.45, 7) is 8.62. The molecule has 22 heavy (non-hydrogen) atoms. The highest BCUT2D eigenvalue weighted by Gasteiger charge is 2.28. The predicted molar refractivity (Wildman–Crippen MR) is 84.1 cm³/mol. The number of ether oxygens (including phenoxy) is 1. The number of hydrogen-bond donors (Lipinski definition) is 0. The second-order valence-electron chi connectivity index (χ2n) is 6.93. The number of aryl methyl sites for hydroxylation is 1. The Labute approximate surface area is 131 Å². The first-order valence-corrected chi connectivity index (χ1v) is 8.00. The van der Waals surface area contributed by atoms with E-state index in [1.54, 1.807) is 11.2 Å². The maximum absolute atomic E-state index is 12.1. The highest BCUT2D eigenvalue weighted by Crippen LogP contribution is 2.28. The molecule has 2 aliphatic rings. The summed E-state index contributed by atoms with van der Waals surface area (Å²) in [4.78, 5) is 25.0. The van der Waals surface area contributed by atoms with Gasteiger partial charge in [0.05, 0.1) is 0 Å². The van der Waals surface area contributed by atoms with E-state index in [0.29, 0.717) is 13.1 Å². The molecule has 1 aliphatic heterocycles. The van der Waals surface area contributed by atoms with Crippen molar-refractivity contribution in [2.45, 2.75) is 45.6 Å². The molecule has 120 valence electrons. The number of hydrogen-bond acceptors (Lipinski definition) is 5. The van der Waals surface area contributed by atoms with E-state index in [0.717, 1.165) is 31.7 Å². The maximum Gasteiger partial charge on any atom is 0.410 e. The summed E-state index contributed by atoms with van der Waals surface area (Å²) in [6.07, 6.45) is 4.74. The van der Waals surface area contributed by atoms with Gasteiger partial charge in [-0.05, 0) is 40.0 Å². The number of aromatic nitrogens is 2. The van der Waals surface area contributed by atoms with Gasteiger partial charge in [-0.15, -0.1) is 0 Å². The summed E-state index contributed by atoms with van der Waals surface area (Å²) in [5.41, 5.74) is 2.05. The highest BCUT2D eigenvalue weighted by molar-refractivity contribution is 5.68. The van der Waals surface area contributed by atoms with Crippen molar-refractivity contribution in [3.63, 3.8) is 0 Å². The zero-order valence-corrected chi connectivity index (χ0v) is 13.6. The van der Waals surface area contributed by atoms with Crippen molar-refractivity contribution in [2.75, 3.05) is 31.1 Å². The first-order chi connectivity index (χ1) is 10.4. The van der Waals surface area contributed by atoms with Crippen LogP contribution in [0.1, 0.15) is 38.4 Å². The summed E-state index contributed by atoms with van der Waals surface area (Å²) in [5, 5.41) is 0. The number of fused-ring (bicyclic) bond motifs is 1. The van der Waals surface area contributed by atoms with Crippen LogP contribution in [-0.2, 0) is 17.6 Å². The minimum absolute atomic E-state index is 0.222. The lowest BCUT2D eigenvalue weighted by molar-refractivity contribution is 0.0240. The summed E-state index contributed by atoms with van der Waals surface area (Å²) in [5.74, 6) is 1.06. The lowest BCUT2D eigenvalue weighted by Gasteiger charge is -2.36. The zero-order chi connectivity index (χ0) is 15.7. The van der Waals surface area contributed by atoms with E-state index in [4.69, 9.17) is 4.74 Å². The van der Waals surface area contributed by atoms with E-state index in [1.165, 1.54) is 17.7 Å². The number of piperazine rings is 1. The van der Waals surface area contributed by atoms with Gasteiger partial charge in [0.15, 0.2) is 0 Å². The van der Waals surface area contributed by atoms with Crippen LogP contribution >= 0.6 is 0 Å². The van der Waals surface area contributed by atoms with Gasteiger partial charge >= 0.3 is 6.09 Å². The Morgan fingerprint density at radius 2 is 1.86 bits per heavy atom. The minimum atomic E-state index is -0.443. The highest BCUT2D eigenvalue weighted by atomic mass is 16.6. The number of rotatable bonds is 1. The summed E-state index contributed by atoms with van der Waals surface area (Å²) < 4.78 is 5.43. The molecule has 1 aliphatic carbocycles. The average molecular weight is 304 g/mol. The molecular formula is C16H24N4O2. The van der Waals surface area contributed by atoms with Crippen LogP contribution < -0.4 is 4.90 Å². The Morgan fingerprint density at radius 3 is 2.55 bits per heavy atom. The minimum Gasteiger partial charge on any atom is -0.444 e. The molecule has 0 atom stereocenters. The molecule has 0 saturated carbocycles. The fourth-order valence-corrected chi connectivity index (χ4v) is 3.04. The Morgan fingerprint density at radius 1 is 1.14 bits per heavy atom. The molecule has 1 saturated heterocycles. The van der Waals surface area contributed by atoms with Gasteiger partial charge in [0.2, 0.25) is 0 Å². The first kappa shape index (κ1) is 15.1. The second-order valence-corrected chi connectivity index (χ2v) is 6.93. The van der Waals surface area contributed by atoms with Crippen molar-refractivity contribution in [1.29, 1.82) is 0 Å². The van der Waals surface area contributed by atoms with Gasteiger partial charge in [-0.25, -0.2) is 14.8 Å². The number of amides is 1. The van der Waals surface area contributed by atoms with E-state index in [9.17, 15) is 4.79 Å². The lowest BCUT2D eigenvalue weighted by atomic mass is 10.2. The van der Waals surface area contributed by atoms with Crippen molar-refractivity contribution in [2.24, 2.45) is 0 Å². The van der Waals surface area contributed by atoms with Crippen LogP contribution in [0.3, 0.4) is 0 Å². The van der Waals surface area contributed by atoms with Gasteiger partial charge < -0.3 is 14.5 Å². The van der Waals surface area contributed by atoms with Gasteiger partial charge in [-0.2, -0.15) is 0 Å². The molecule has 1 aromatic heterocycles. The van der Waals surface area contributed by atoms with Crippen molar-refractivity contribution in [3.8, 4) is 0 Å². The van der Waals surface area contributed by atoms with Crippen LogP contribution in [0.2, 0.25) is 0 Å². The maximum atomic E-state index is 12.1. The molecule has 2 heterocycles. The fourth-order valence-electron chi connectivity index (χ4n) is 3.04. The van der Waals surface area contributed by atoms with Gasteiger partial charge in [-0.3, -0.25) is 0 Å². The summed E-state index contributed by atoms with van der Waals surface area (Å²) >= 11 is 0. The third kappa shape index (κ3) is 3.15. The van der Waals surface area contributed by atoms with Crippen molar-refractivity contribution in [1.82, 2.24) is 14.9 Å². The summed E-state index contributed by atoms with van der Waals surface area (Å²) in [7, 11) is 0. The Bertz CT molecular complexity index is 560. The monoisotopic (exact) mass is 304 g/mol. The van der Waals surface area contributed by atoms with Gasteiger partial charge in [0.25, 0.3) is 0 Å². The van der Waals surface area contributed by atoms with Crippen LogP contribution in [0.15, 0.2) is 6.33 Å². The van der Waals surface area contributed by atoms with Gasteiger partial charge in [0.1, 0.15) is 17.7 Å².